The molecule has 0 spiro atoms. The molecule has 2 unspecified atom stereocenters. The van der Waals surface area contributed by atoms with E-state index in [9.17, 15) is 4.57 Å². The van der Waals surface area contributed by atoms with Gasteiger partial charge in [-0.3, -0.25) is 9.42 Å². The van der Waals surface area contributed by atoms with Crippen molar-refractivity contribution < 1.29 is 14.0 Å². The molecule has 0 saturated carbocycles. The second kappa shape index (κ2) is 4.78. The van der Waals surface area contributed by atoms with E-state index in [0.717, 1.165) is 6.42 Å². The highest BCUT2D eigenvalue weighted by Gasteiger charge is 2.13. The zero-order chi connectivity index (χ0) is 8.15. The highest BCUT2D eigenvalue weighted by Crippen LogP contribution is 2.23. The monoisotopic (exact) mass is 165 g/mol. The van der Waals surface area contributed by atoms with Gasteiger partial charge in [-0.15, -0.1) is 0 Å². The third kappa shape index (κ3) is 3.94. The van der Waals surface area contributed by atoms with Crippen LogP contribution < -0.4 is 0 Å². The first kappa shape index (κ1) is 10.0. The van der Waals surface area contributed by atoms with Crippen LogP contribution >= 0.6 is 8.25 Å². The van der Waals surface area contributed by atoms with Gasteiger partial charge >= 0.3 is 8.25 Å². The van der Waals surface area contributed by atoms with Crippen molar-refractivity contribution >= 4 is 8.25 Å². The maximum Gasteiger partial charge on any atom is 0.366 e. The predicted molar refractivity (Wildman–Crippen MR) is 39.8 cm³/mol. The van der Waals surface area contributed by atoms with Gasteiger partial charge in [0.15, 0.2) is 0 Å². The average molecular weight is 165 g/mol. The van der Waals surface area contributed by atoms with Crippen LogP contribution in [0, 0.1) is 5.92 Å². The average Bonchev–Trinajstić information content (AvgIpc) is 1.81. The first-order chi connectivity index (χ1) is 4.57. The molecule has 0 amide bonds. The van der Waals surface area contributed by atoms with Gasteiger partial charge in [0, 0.05) is 0 Å². The van der Waals surface area contributed by atoms with Crippen LogP contribution in [0.4, 0.5) is 0 Å². The van der Waals surface area contributed by atoms with Crippen LogP contribution in [0.1, 0.15) is 27.2 Å². The van der Waals surface area contributed by atoms with Crippen LogP contribution in [0.5, 0.6) is 0 Å². The van der Waals surface area contributed by atoms with Gasteiger partial charge in [0.05, 0.1) is 6.10 Å². The summed E-state index contributed by atoms with van der Waals surface area (Å²) in [4.78, 5) is 8.39. The molecule has 0 aliphatic rings. The van der Waals surface area contributed by atoms with E-state index in [2.05, 4.69) is 0 Å². The van der Waals surface area contributed by atoms with Gasteiger partial charge in [0.1, 0.15) is 0 Å². The molecule has 3 nitrogen and oxygen atoms in total. The Bertz CT molecular complexity index is 114. The fraction of sp³-hybridized carbons (Fsp3) is 1.00. The van der Waals surface area contributed by atoms with Gasteiger partial charge in [-0.25, -0.2) is 4.57 Å². The van der Waals surface area contributed by atoms with Gasteiger partial charge < -0.3 is 0 Å². The van der Waals surface area contributed by atoms with Gasteiger partial charge in [-0.1, -0.05) is 20.8 Å². The van der Waals surface area contributed by atoms with Crippen molar-refractivity contribution in [2.24, 2.45) is 5.92 Å². The highest BCUT2D eigenvalue weighted by atomic mass is 31.1. The van der Waals surface area contributed by atoms with Crippen molar-refractivity contribution in [3.8, 4) is 0 Å². The van der Waals surface area contributed by atoms with E-state index in [1.807, 2.05) is 20.8 Å². The summed E-state index contributed by atoms with van der Waals surface area (Å²) in [5, 5.41) is 0. The Morgan fingerprint density at radius 2 is 2.10 bits per heavy atom. The van der Waals surface area contributed by atoms with Crippen molar-refractivity contribution in [2.45, 2.75) is 33.3 Å². The van der Waals surface area contributed by atoms with E-state index < -0.39 is 8.25 Å². The molecule has 0 saturated heterocycles. The van der Waals surface area contributed by atoms with Crippen LogP contribution in [-0.2, 0) is 9.09 Å². The lowest BCUT2D eigenvalue weighted by atomic mass is 10.1. The zero-order valence-corrected chi connectivity index (χ0v) is 7.47. The summed E-state index contributed by atoms with van der Waals surface area (Å²) in [6.07, 6.45) is 0.688. The number of hydrogen-bond donors (Lipinski definition) is 1. The molecule has 0 rings (SSSR count). The van der Waals surface area contributed by atoms with Crippen molar-refractivity contribution in [1.82, 2.24) is 0 Å². The molecule has 2 atom stereocenters. The first-order valence-electron chi connectivity index (χ1n) is 3.40. The lowest BCUT2D eigenvalue weighted by molar-refractivity contribution is 0.139. The Morgan fingerprint density at radius 3 is 2.20 bits per heavy atom. The van der Waals surface area contributed by atoms with E-state index in [1.54, 1.807) is 0 Å². The minimum absolute atomic E-state index is 0.0892. The largest absolute Gasteiger partial charge is 0.366 e. The van der Waals surface area contributed by atoms with Crippen LogP contribution in [0.3, 0.4) is 0 Å². The predicted octanol–water partition coefficient (Wildman–Crippen LogP) is 2.09. The molecule has 0 fully saturated rings. The summed E-state index contributed by atoms with van der Waals surface area (Å²) >= 11 is 0. The Balaban J connectivity index is 3.71. The van der Waals surface area contributed by atoms with E-state index in [1.165, 1.54) is 0 Å². The maximum absolute atomic E-state index is 10.2. The normalized spacial score (nSPS) is 15.5. The van der Waals surface area contributed by atoms with Crippen LogP contribution in [0.2, 0.25) is 0 Å². The Hall–Kier alpha value is 0.0200. The fourth-order valence-corrected chi connectivity index (χ4v) is 1.41. The summed E-state index contributed by atoms with van der Waals surface area (Å²) in [5.74, 6) is 0.302. The Kier molecular flexibility index (Phi) is 4.79. The SMILES string of the molecule is CCC(O[P](=O)O)C(C)C. The second-order valence-electron chi connectivity index (χ2n) is 2.53. The molecule has 0 aromatic carbocycles. The van der Waals surface area contributed by atoms with E-state index in [0.29, 0.717) is 5.92 Å². The summed E-state index contributed by atoms with van der Waals surface area (Å²) < 4.78 is 14.9. The molecule has 0 aromatic heterocycles. The zero-order valence-electron chi connectivity index (χ0n) is 6.57. The van der Waals surface area contributed by atoms with E-state index >= 15 is 0 Å². The minimum Gasteiger partial charge on any atom is -0.298 e. The van der Waals surface area contributed by atoms with Crippen molar-refractivity contribution in [2.75, 3.05) is 0 Å². The molecule has 10 heavy (non-hydrogen) atoms. The third-order valence-corrected chi connectivity index (χ3v) is 1.82. The smallest absolute Gasteiger partial charge is 0.298 e. The molecule has 0 aliphatic heterocycles. The molecule has 0 aliphatic carbocycles. The maximum atomic E-state index is 10.2. The molecular weight excluding hydrogens is 151 g/mol. The number of hydrogen-bond acceptors (Lipinski definition) is 2. The third-order valence-electron chi connectivity index (χ3n) is 1.37. The molecule has 1 N–H and O–H groups in total. The molecule has 61 valence electrons. The number of rotatable bonds is 4. The van der Waals surface area contributed by atoms with Gasteiger partial charge in [-0.05, 0) is 12.3 Å². The summed E-state index contributed by atoms with van der Waals surface area (Å²) in [7, 11) is -2.43. The summed E-state index contributed by atoms with van der Waals surface area (Å²) in [6.45, 7) is 5.86. The Labute approximate surface area is 62.3 Å². The first-order valence-corrected chi connectivity index (χ1v) is 4.53. The minimum atomic E-state index is -2.43. The Morgan fingerprint density at radius 1 is 1.60 bits per heavy atom. The van der Waals surface area contributed by atoms with Crippen molar-refractivity contribution in [1.29, 1.82) is 0 Å². The van der Waals surface area contributed by atoms with Crippen LogP contribution in [0.15, 0.2) is 0 Å². The standard InChI is InChI=1S/C6H14O3P/c1-4-6(5(2)3)9-10(7)8/h5-6H,4H2,1-3H3,(H,7,8). The molecule has 0 bridgehead atoms. The van der Waals surface area contributed by atoms with Crippen molar-refractivity contribution in [3.05, 3.63) is 0 Å². The van der Waals surface area contributed by atoms with Crippen molar-refractivity contribution in [3.63, 3.8) is 0 Å². The molecule has 0 aromatic rings. The fourth-order valence-electron chi connectivity index (χ4n) is 0.783. The van der Waals surface area contributed by atoms with Crippen LogP contribution in [-0.4, -0.2) is 11.0 Å². The van der Waals surface area contributed by atoms with E-state index in [4.69, 9.17) is 9.42 Å². The summed E-state index contributed by atoms with van der Waals surface area (Å²) in [6, 6.07) is 0. The lowest BCUT2D eigenvalue weighted by Crippen LogP contribution is -2.14. The second-order valence-corrected chi connectivity index (χ2v) is 3.22. The van der Waals surface area contributed by atoms with Gasteiger partial charge in [0.2, 0.25) is 0 Å². The van der Waals surface area contributed by atoms with Gasteiger partial charge in [0.25, 0.3) is 0 Å². The van der Waals surface area contributed by atoms with Gasteiger partial charge in [-0.2, -0.15) is 0 Å². The quantitative estimate of drug-likeness (QED) is 0.649. The topological polar surface area (TPSA) is 46.5 Å². The highest BCUT2D eigenvalue weighted by molar-refractivity contribution is 7.32. The summed E-state index contributed by atoms with van der Waals surface area (Å²) in [5.41, 5.74) is 0. The molecule has 0 heterocycles. The molecular formula is C6H14O3P. The lowest BCUT2D eigenvalue weighted by Gasteiger charge is -2.15. The van der Waals surface area contributed by atoms with E-state index in [-0.39, 0.29) is 6.10 Å². The molecule has 1 radical (unpaired) electrons. The molecule has 4 heteroatoms. The van der Waals surface area contributed by atoms with Crippen LogP contribution in [0.25, 0.3) is 0 Å².